The number of hydrogen-bond acceptors (Lipinski definition) is 3. The minimum absolute atomic E-state index is 0.434. The molecule has 0 aromatic rings. The van der Waals surface area contributed by atoms with Gasteiger partial charge in [-0.3, -0.25) is 4.99 Å². The molecule has 1 rings (SSSR count). The summed E-state index contributed by atoms with van der Waals surface area (Å²) < 4.78 is 10.7. The highest BCUT2D eigenvalue weighted by molar-refractivity contribution is 5.79. The molecule has 0 aromatic heterocycles. The number of methoxy groups -OCH3 is 1. The third-order valence-electron chi connectivity index (χ3n) is 3.66. The summed E-state index contributed by atoms with van der Waals surface area (Å²) in [6.45, 7) is 6.80. The largest absolute Gasteiger partial charge is 0.385 e. The van der Waals surface area contributed by atoms with Crippen LogP contribution >= 0.6 is 0 Å². The van der Waals surface area contributed by atoms with Crippen LogP contribution in [0.25, 0.3) is 0 Å². The lowest BCUT2D eigenvalue weighted by Crippen LogP contribution is -2.47. The lowest BCUT2D eigenvalue weighted by Gasteiger charge is -2.34. The average Bonchev–Trinajstić information content (AvgIpc) is 2.48. The summed E-state index contributed by atoms with van der Waals surface area (Å²) >= 11 is 0. The van der Waals surface area contributed by atoms with Gasteiger partial charge in [-0.2, -0.15) is 0 Å². The Bertz CT molecular complexity index is 264. The van der Waals surface area contributed by atoms with Crippen molar-refractivity contribution in [2.45, 2.75) is 45.1 Å². The van der Waals surface area contributed by atoms with Gasteiger partial charge in [0.25, 0.3) is 0 Å². The fraction of sp³-hybridized carbons (Fsp3) is 0.933. The fourth-order valence-corrected chi connectivity index (χ4v) is 2.55. The lowest BCUT2D eigenvalue weighted by molar-refractivity contribution is 0.0264. The summed E-state index contributed by atoms with van der Waals surface area (Å²) in [6.07, 6.45) is 6.13. The van der Waals surface area contributed by atoms with Crippen LogP contribution in [-0.4, -0.2) is 64.0 Å². The number of aliphatic imine (C=N–C) groups is 1. The molecular formula is C15H31N3O2. The Balaban J connectivity index is 2.16. The Morgan fingerprint density at radius 3 is 2.60 bits per heavy atom. The van der Waals surface area contributed by atoms with Gasteiger partial charge in [0, 0.05) is 47.0 Å². The van der Waals surface area contributed by atoms with Gasteiger partial charge in [-0.15, -0.1) is 0 Å². The molecule has 1 heterocycles. The Morgan fingerprint density at radius 2 is 2.00 bits per heavy atom. The maximum atomic E-state index is 5.68. The molecular weight excluding hydrogens is 254 g/mol. The van der Waals surface area contributed by atoms with Crippen molar-refractivity contribution in [3.05, 3.63) is 0 Å². The van der Waals surface area contributed by atoms with Crippen molar-refractivity contribution in [3.63, 3.8) is 0 Å². The van der Waals surface area contributed by atoms with E-state index in [2.05, 4.69) is 22.1 Å². The van der Waals surface area contributed by atoms with Crippen molar-refractivity contribution in [1.29, 1.82) is 0 Å². The summed E-state index contributed by atoms with van der Waals surface area (Å²) in [4.78, 5) is 6.72. The van der Waals surface area contributed by atoms with Crippen molar-refractivity contribution >= 4 is 5.96 Å². The number of nitrogens with one attached hydrogen (secondary N) is 1. The molecule has 0 bridgehead atoms. The van der Waals surface area contributed by atoms with Gasteiger partial charge in [-0.1, -0.05) is 0 Å². The predicted octanol–water partition coefficient (Wildman–Crippen LogP) is 1.88. The van der Waals surface area contributed by atoms with Crippen LogP contribution in [0.2, 0.25) is 0 Å². The van der Waals surface area contributed by atoms with Crippen molar-refractivity contribution in [3.8, 4) is 0 Å². The first-order valence-corrected chi connectivity index (χ1v) is 7.88. The van der Waals surface area contributed by atoms with Crippen LogP contribution in [0, 0.1) is 0 Å². The fourth-order valence-electron chi connectivity index (χ4n) is 2.55. The molecule has 118 valence electrons. The molecule has 0 spiro atoms. The first-order chi connectivity index (χ1) is 9.81. The molecule has 1 aliphatic rings. The molecule has 5 nitrogen and oxygen atoms in total. The van der Waals surface area contributed by atoms with Crippen LogP contribution in [0.4, 0.5) is 0 Å². The van der Waals surface area contributed by atoms with Crippen LogP contribution in [0.15, 0.2) is 4.99 Å². The number of nitrogens with zero attached hydrogens (tertiary/aromatic N) is 2. The highest BCUT2D eigenvalue weighted by Crippen LogP contribution is 2.13. The molecule has 1 fully saturated rings. The standard InChI is InChI=1S/C15H31N3O2/c1-4-20-14-8-11-18(12-9-14)15(16-2)17-10-6-5-7-13-19-3/h14H,4-13H2,1-3H3,(H,16,17). The van der Waals surface area contributed by atoms with E-state index in [1.807, 2.05) is 7.05 Å². The number of unbranched alkanes of at least 4 members (excludes halogenated alkanes) is 2. The first-order valence-electron chi connectivity index (χ1n) is 7.88. The van der Waals surface area contributed by atoms with Crippen LogP contribution in [-0.2, 0) is 9.47 Å². The average molecular weight is 285 g/mol. The van der Waals surface area contributed by atoms with Gasteiger partial charge in [0.15, 0.2) is 5.96 Å². The number of likely N-dealkylation sites (tertiary alicyclic amines) is 1. The van der Waals surface area contributed by atoms with Gasteiger partial charge in [0.05, 0.1) is 6.10 Å². The van der Waals surface area contributed by atoms with Crippen LogP contribution in [0.1, 0.15) is 39.0 Å². The Hall–Kier alpha value is -0.810. The maximum absolute atomic E-state index is 5.68. The number of piperidine rings is 1. The van der Waals surface area contributed by atoms with E-state index >= 15 is 0 Å². The quantitative estimate of drug-likeness (QED) is 0.420. The molecule has 0 radical (unpaired) electrons. The molecule has 5 heteroatoms. The van der Waals surface area contributed by atoms with Gasteiger partial charge < -0.3 is 19.7 Å². The third-order valence-corrected chi connectivity index (χ3v) is 3.66. The molecule has 0 aliphatic carbocycles. The Kier molecular flexibility index (Phi) is 9.41. The van der Waals surface area contributed by atoms with E-state index in [4.69, 9.17) is 9.47 Å². The molecule has 0 aromatic carbocycles. The highest BCUT2D eigenvalue weighted by Gasteiger charge is 2.21. The monoisotopic (exact) mass is 285 g/mol. The van der Waals surface area contributed by atoms with Crippen molar-refractivity contribution in [2.24, 2.45) is 4.99 Å². The first kappa shape index (κ1) is 17.2. The van der Waals surface area contributed by atoms with Crippen molar-refractivity contribution < 1.29 is 9.47 Å². The van der Waals surface area contributed by atoms with E-state index < -0.39 is 0 Å². The normalized spacial score (nSPS) is 17.6. The minimum atomic E-state index is 0.434. The molecule has 1 aliphatic heterocycles. The van der Waals surface area contributed by atoms with E-state index in [1.54, 1.807) is 7.11 Å². The molecule has 1 saturated heterocycles. The van der Waals surface area contributed by atoms with Gasteiger partial charge in [-0.05, 0) is 39.0 Å². The van der Waals surface area contributed by atoms with Gasteiger partial charge in [0.1, 0.15) is 0 Å². The molecule has 0 amide bonds. The Labute approximate surface area is 123 Å². The highest BCUT2D eigenvalue weighted by atomic mass is 16.5. The minimum Gasteiger partial charge on any atom is -0.385 e. The maximum Gasteiger partial charge on any atom is 0.193 e. The zero-order chi connectivity index (χ0) is 14.6. The molecule has 20 heavy (non-hydrogen) atoms. The van der Waals surface area contributed by atoms with E-state index in [0.717, 1.165) is 64.5 Å². The van der Waals surface area contributed by atoms with E-state index in [0.29, 0.717) is 6.10 Å². The molecule has 0 saturated carbocycles. The summed E-state index contributed by atoms with van der Waals surface area (Å²) in [5.41, 5.74) is 0. The topological polar surface area (TPSA) is 46.1 Å². The van der Waals surface area contributed by atoms with Crippen molar-refractivity contribution in [1.82, 2.24) is 10.2 Å². The van der Waals surface area contributed by atoms with E-state index in [9.17, 15) is 0 Å². The number of ether oxygens (including phenoxy) is 2. The number of rotatable bonds is 8. The SMILES string of the molecule is CCOC1CCN(C(=NC)NCCCCCOC)CC1. The van der Waals surface area contributed by atoms with Gasteiger partial charge >= 0.3 is 0 Å². The Morgan fingerprint density at radius 1 is 1.25 bits per heavy atom. The molecule has 0 unspecified atom stereocenters. The summed E-state index contributed by atoms with van der Waals surface area (Å²) in [5, 5.41) is 3.46. The predicted molar refractivity (Wildman–Crippen MR) is 83.3 cm³/mol. The number of hydrogen-bond donors (Lipinski definition) is 1. The summed E-state index contributed by atoms with van der Waals surface area (Å²) in [5.74, 6) is 1.03. The van der Waals surface area contributed by atoms with Crippen LogP contribution in [0.3, 0.4) is 0 Å². The zero-order valence-electron chi connectivity index (χ0n) is 13.4. The smallest absolute Gasteiger partial charge is 0.193 e. The van der Waals surface area contributed by atoms with E-state index in [-0.39, 0.29) is 0 Å². The van der Waals surface area contributed by atoms with Crippen molar-refractivity contribution in [2.75, 3.05) is 47.0 Å². The zero-order valence-corrected chi connectivity index (χ0v) is 13.4. The summed E-state index contributed by atoms with van der Waals surface area (Å²) in [7, 11) is 3.62. The number of guanidine groups is 1. The van der Waals surface area contributed by atoms with E-state index in [1.165, 1.54) is 6.42 Å². The van der Waals surface area contributed by atoms with Crippen LogP contribution in [0.5, 0.6) is 0 Å². The lowest BCUT2D eigenvalue weighted by atomic mass is 10.1. The molecule has 0 atom stereocenters. The van der Waals surface area contributed by atoms with Gasteiger partial charge in [-0.25, -0.2) is 0 Å². The van der Waals surface area contributed by atoms with Gasteiger partial charge in [0.2, 0.25) is 0 Å². The molecule has 1 N–H and O–H groups in total. The second kappa shape index (κ2) is 10.9. The second-order valence-electron chi connectivity index (χ2n) is 5.17. The third kappa shape index (κ3) is 6.57. The van der Waals surface area contributed by atoms with Crippen LogP contribution < -0.4 is 5.32 Å². The summed E-state index contributed by atoms with van der Waals surface area (Å²) in [6, 6.07) is 0. The second-order valence-corrected chi connectivity index (χ2v) is 5.17.